The molecule has 0 fully saturated rings. The fraction of sp³-hybridized carbons (Fsp3) is 0.250. The molecule has 2 heterocycles. The molecule has 0 saturated carbocycles. The molecule has 0 aliphatic rings. The molecule has 84 valence electrons. The third kappa shape index (κ3) is 2.26. The first-order chi connectivity index (χ1) is 7.68. The van der Waals surface area contributed by atoms with E-state index in [9.17, 15) is 0 Å². The van der Waals surface area contributed by atoms with Crippen molar-refractivity contribution in [3.63, 3.8) is 0 Å². The van der Waals surface area contributed by atoms with Crippen LogP contribution >= 0.6 is 11.6 Å². The minimum atomic E-state index is 0.129. The highest BCUT2D eigenvalue weighted by atomic mass is 35.5. The van der Waals surface area contributed by atoms with Gasteiger partial charge in [-0.2, -0.15) is 0 Å². The molecule has 1 atom stereocenters. The average molecular weight is 236 g/mol. The molecule has 2 N–H and O–H groups in total. The smallest absolute Gasteiger partial charge is 0.152 e. The van der Waals surface area contributed by atoms with Crippen LogP contribution in [0.5, 0.6) is 0 Å². The normalized spacial score (nSPS) is 12.7. The minimum Gasteiger partial charge on any atom is -0.328 e. The SMILES string of the molecule is CC(N)Cc1cccn1-c1cccnc1Cl. The first-order valence-corrected chi connectivity index (χ1v) is 5.59. The van der Waals surface area contributed by atoms with E-state index in [-0.39, 0.29) is 6.04 Å². The zero-order chi connectivity index (χ0) is 11.5. The van der Waals surface area contributed by atoms with Crippen LogP contribution in [0.1, 0.15) is 12.6 Å². The number of nitrogens with zero attached hydrogens (tertiary/aromatic N) is 2. The average Bonchev–Trinajstić information content (AvgIpc) is 2.66. The lowest BCUT2D eigenvalue weighted by atomic mass is 10.2. The van der Waals surface area contributed by atoms with Gasteiger partial charge < -0.3 is 10.3 Å². The molecule has 2 rings (SSSR count). The van der Waals surface area contributed by atoms with E-state index in [2.05, 4.69) is 4.98 Å². The Morgan fingerprint density at radius 1 is 1.44 bits per heavy atom. The van der Waals surface area contributed by atoms with Gasteiger partial charge in [0.25, 0.3) is 0 Å². The van der Waals surface area contributed by atoms with E-state index >= 15 is 0 Å². The molecule has 1 unspecified atom stereocenters. The van der Waals surface area contributed by atoms with Gasteiger partial charge in [-0.05, 0) is 31.2 Å². The van der Waals surface area contributed by atoms with Gasteiger partial charge in [0.05, 0.1) is 5.69 Å². The molecule has 0 aromatic carbocycles. The number of pyridine rings is 1. The summed E-state index contributed by atoms with van der Waals surface area (Å²) >= 11 is 6.06. The summed E-state index contributed by atoms with van der Waals surface area (Å²) in [6.45, 7) is 1.99. The highest BCUT2D eigenvalue weighted by molar-refractivity contribution is 6.31. The van der Waals surface area contributed by atoms with Gasteiger partial charge in [-0.1, -0.05) is 11.6 Å². The van der Waals surface area contributed by atoms with Crippen LogP contribution in [0.25, 0.3) is 5.69 Å². The molecule has 0 radical (unpaired) electrons. The van der Waals surface area contributed by atoms with Gasteiger partial charge in [-0.3, -0.25) is 0 Å². The third-order valence-corrected chi connectivity index (χ3v) is 2.65. The highest BCUT2D eigenvalue weighted by Crippen LogP contribution is 2.20. The van der Waals surface area contributed by atoms with E-state index in [1.54, 1.807) is 6.20 Å². The summed E-state index contributed by atoms with van der Waals surface area (Å²) in [5, 5.41) is 0.504. The van der Waals surface area contributed by atoms with Gasteiger partial charge in [0, 0.05) is 30.6 Å². The van der Waals surface area contributed by atoms with Gasteiger partial charge in [-0.15, -0.1) is 0 Å². The molecule has 2 aromatic rings. The maximum atomic E-state index is 6.06. The number of hydrogen-bond donors (Lipinski definition) is 1. The van der Waals surface area contributed by atoms with Crippen LogP contribution in [0, 0.1) is 0 Å². The van der Waals surface area contributed by atoms with Crippen LogP contribution in [0.15, 0.2) is 36.7 Å². The summed E-state index contributed by atoms with van der Waals surface area (Å²) < 4.78 is 2.03. The molecule has 0 aliphatic heterocycles. The molecule has 4 heteroatoms. The van der Waals surface area contributed by atoms with Gasteiger partial charge >= 0.3 is 0 Å². The fourth-order valence-electron chi connectivity index (χ4n) is 1.70. The van der Waals surface area contributed by atoms with Crippen molar-refractivity contribution in [3.8, 4) is 5.69 Å². The summed E-state index contributed by atoms with van der Waals surface area (Å²) in [6, 6.07) is 7.98. The number of rotatable bonds is 3. The predicted molar refractivity (Wildman–Crippen MR) is 65.9 cm³/mol. The summed E-state index contributed by atoms with van der Waals surface area (Å²) in [5.41, 5.74) is 7.84. The van der Waals surface area contributed by atoms with Crippen LogP contribution in [0.2, 0.25) is 5.15 Å². The largest absolute Gasteiger partial charge is 0.328 e. The van der Waals surface area contributed by atoms with Gasteiger partial charge in [-0.25, -0.2) is 4.98 Å². The van der Waals surface area contributed by atoms with Crippen molar-refractivity contribution in [1.29, 1.82) is 0 Å². The van der Waals surface area contributed by atoms with Crippen LogP contribution in [0.4, 0.5) is 0 Å². The summed E-state index contributed by atoms with van der Waals surface area (Å²) in [5.74, 6) is 0. The van der Waals surface area contributed by atoms with Crippen molar-refractivity contribution in [3.05, 3.63) is 47.5 Å². The standard InChI is InChI=1S/C12H14ClN3/c1-9(14)8-10-4-3-7-16(10)11-5-2-6-15-12(11)13/h2-7,9H,8,14H2,1H3. The Labute approximate surface area is 99.9 Å². The number of nitrogens with two attached hydrogens (primary N) is 1. The Kier molecular flexibility index (Phi) is 3.27. The van der Waals surface area contributed by atoms with E-state index in [1.807, 2.05) is 42.0 Å². The zero-order valence-corrected chi connectivity index (χ0v) is 9.85. The van der Waals surface area contributed by atoms with E-state index in [1.165, 1.54) is 0 Å². The third-order valence-electron chi connectivity index (χ3n) is 2.36. The Hall–Kier alpha value is -1.32. The molecule has 16 heavy (non-hydrogen) atoms. The summed E-state index contributed by atoms with van der Waals surface area (Å²) in [7, 11) is 0. The Bertz CT molecular complexity index is 477. The van der Waals surface area contributed by atoms with Crippen molar-refractivity contribution in [2.24, 2.45) is 5.73 Å². The quantitative estimate of drug-likeness (QED) is 0.831. The first-order valence-electron chi connectivity index (χ1n) is 5.21. The second-order valence-corrected chi connectivity index (χ2v) is 4.22. The van der Waals surface area contributed by atoms with Gasteiger partial charge in [0.15, 0.2) is 5.15 Å². The predicted octanol–water partition coefficient (Wildman–Crippen LogP) is 2.42. The second-order valence-electron chi connectivity index (χ2n) is 3.86. The molecule has 0 saturated heterocycles. The Morgan fingerprint density at radius 3 is 2.94 bits per heavy atom. The monoisotopic (exact) mass is 235 g/mol. The Morgan fingerprint density at radius 2 is 2.25 bits per heavy atom. The second kappa shape index (κ2) is 4.68. The molecule has 3 nitrogen and oxygen atoms in total. The number of halogens is 1. The minimum absolute atomic E-state index is 0.129. The van der Waals surface area contributed by atoms with E-state index in [4.69, 9.17) is 17.3 Å². The summed E-state index contributed by atoms with van der Waals surface area (Å²) in [4.78, 5) is 4.07. The lowest BCUT2D eigenvalue weighted by Gasteiger charge is -2.11. The van der Waals surface area contributed by atoms with Crippen molar-refractivity contribution in [2.75, 3.05) is 0 Å². The van der Waals surface area contributed by atoms with Crippen LogP contribution < -0.4 is 5.73 Å². The van der Waals surface area contributed by atoms with Gasteiger partial charge in [0.1, 0.15) is 0 Å². The van der Waals surface area contributed by atoms with Crippen LogP contribution in [-0.4, -0.2) is 15.6 Å². The van der Waals surface area contributed by atoms with Crippen molar-refractivity contribution in [2.45, 2.75) is 19.4 Å². The molecule has 0 aliphatic carbocycles. The first kappa shape index (κ1) is 11.2. The molecule has 0 spiro atoms. The van der Waals surface area contributed by atoms with E-state index in [0.717, 1.165) is 17.8 Å². The molecular formula is C12H14ClN3. The Balaban J connectivity index is 2.41. The molecule has 2 aromatic heterocycles. The van der Waals surface area contributed by atoms with Crippen molar-refractivity contribution < 1.29 is 0 Å². The fourth-order valence-corrected chi connectivity index (χ4v) is 1.92. The number of aromatic nitrogens is 2. The molecule has 0 bridgehead atoms. The van der Waals surface area contributed by atoms with Crippen molar-refractivity contribution >= 4 is 11.6 Å². The summed E-state index contributed by atoms with van der Waals surface area (Å²) in [6.07, 6.45) is 4.47. The molecule has 0 amide bonds. The highest BCUT2D eigenvalue weighted by Gasteiger charge is 2.08. The van der Waals surface area contributed by atoms with Crippen molar-refractivity contribution in [1.82, 2.24) is 9.55 Å². The maximum absolute atomic E-state index is 6.06. The maximum Gasteiger partial charge on any atom is 0.152 e. The lowest BCUT2D eigenvalue weighted by molar-refractivity contribution is 0.709. The van der Waals surface area contributed by atoms with Crippen LogP contribution in [-0.2, 0) is 6.42 Å². The van der Waals surface area contributed by atoms with E-state index < -0.39 is 0 Å². The van der Waals surface area contributed by atoms with Gasteiger partial charge in [0.2, 0.25) is 0 Å². The lowest BCUT2D eigenvalue weighted by Crippen LogP contribution is -2.19. The number of hydrogen-bond acceptors (Lipinski definition) is 2. The molecular weight excluding hydrogens is 222 g/mol. The van der Waals surface area contributed by atoms with Crippen LogP contribution in [0.3, 0.4) is 0 Å². The van der Waals surface area contributed by atoms with E-state index in [0.29, 0.717) is 5.15 Å². The zero-order valence-electron chi connectivity index (χ0n) is 9.10. The topological polar surface area (TPSA) is 43.8 Å².